The molecular weight excluding hydrogens is 512 g/mol. The number of nitrogens with zero attached hydrogens (tertiary/aromatic N) is 2. The standard InChI is InChI=1S/C32H45F2N3O3/c1-5-11-36(12-6-2)32(40)25-15-22(4)14-24(19-25)31(39)35-29(18-23-16-26(33)20-27(34)17-23)30(38)21-37-13-9-8-10-28(37)7-3/h14-17,19-20,28-30,38H,5-13,18,21H2,1-4H3,(H,35,39). The van der Waals surface area contributed by atoms with E-state index in [4.69, 9.17) is 0 Å². The summed E-state index contributed by atoms with van der Waals surface area (Å²) in [4.78, 5) is 30.8. The molecule has 3 atom stereocenters. The molecule has 6 nitrogen and oxygen atoms in total. The number of halogens is 2. The fourth-order valence-electron chi connectivity index (χ4n) is 5.72. The number of hydrogen-bond acceptors (Lipinski definition) is 4. The number of aliphatic hydroxyl groups excluding tert-OH is 1. The lowest BCUT2D eigenvalue weighted by Crippen LogP contribution is -2.52. The van der Waals surface area contributed by atoms with E-state index >= 15 is 0 Å². The first-order valence-corrected chi connectivity index (χ1v) is 14.7. The normalized spacial score (nSPS) is 17.3. The number of nitrogens with one attached hydrogen (secondary N) is 1. The smallest absolute Gasteiger partial charge is 0.253 e. The summed E-state index contributed by atoms with van der Waals surface area (Å²) in [7, 11) is 0. The van der Waals surface area contributed by atoms with Gasteiger partial charge in [0.25, 0.3) is 11.8 Å². The summed E-state index contributed by atoms with van der Waals surface area (Å²) in [6.07, 6.45) is 4.98. The number of aryl methyl sites for hydroxylation is 1. The zero-order valence-corrected chi connectivity index (χ0v) is 24.4. The molecule has 1 aliphatic heterocycles. The number of β-amino-alcohol motifs (C(OH)–C–C–N with tert-alkyl or cyclic N) is 1. The summed E-state index contributed by atoms with van der Waals surface area (Å²) in [5.74, 6) is -1.98. The molecule has 3 rings (SSSR count). The van der Waals surface area contributed by atoms with E-state index < -0.39 is 29.7 Å². The average Bonchev–Trinajstić information content (AvgIpc) is 2.91. The Labute approximate surface area is 237 Å². The summed E-state index contributed by atoms with van der Waals surface area (Å²) in [5.41, 5.74) is 1.87. The van der Waals surface area contributed by atoms with Gasteiger partial charge in [0.15, 0.2) is 0 Å². The molecule has 1 heterocycles. The van der Waals surface area contributed by atoms with Gasteiger partial charge in [0.2, 0.25) is 0 Å². The third kappa shape index (κ3) is 8.83. The van der Waals surface area contributed by atoms with E-state index in [1.54, 1.807) is 23.1 Å². The van der Waals surface area contributed by atoms with Crippen LogP contribution in [0.3, 0.4) is 0 Å². The molecule has 0 aromatic heterocycles. The second-order valence-corrected chi connectivity index (χ2v) is 11.1. The SMILES string of the molecule is CCCN(CCC)C(=O)c1cc(C)cc(C(=O)NC(Cc2cc(F)cc(F)c2)C(O)CN2CCCCC2CC)c1. The fourth-order valence-corrected chi connectivity index (χ4v) is 5.72. The molecule has 0 bridgehead atoms. The second-order valence-electron chi connectivity index (χ2n) is 11.1. The summed E-state index contributed by atoms with van der Waals surface area (Å²) in [6.45, 7) is 10.5. The first-order chi connectivity index (χ1) is 19.1. The van der Waals surface area contributed by atoms with E-state index in [1.807, 2.05) is 20.8 Å². The molecule has 2 aromatic carbocycles. The van der Waals surface area contributed by atoms with Crippen LogP contribution in [-0.4, -0.2) is 71.1 Å². The van der Waals surface area contributed by atoms with Gasteiger partial charge in [-0.15, -0.1) is 0 Å². The van der Waals surface area contributed by atoms with Crippen LogP contribution in [-0.2, 0) is 6.42 Å². The van der Waals surface area contributed by atoms with E-state index in [-0.39, 0.29) is 12.3 Å². The Morgan fingerprint density at radius 1 is 1.00 bits per heavy atom. The van der Waals surface area contributed by atoms with Crippen molar-refractivity contribution in [2.75, 3.05) is 26.2 Å². The largest absolute Gasteiger partial charge is 0.390 e. The van der Waals surface area contributed by atoms with Crippen LogP contribution < -0.4 is 5.32 Å². The molecule has 3 unspecified atom stereocenters. The molecule has 220 valence electrons. The van der Waals surface area contributed by atoms with E-state index in [9.17, 15) is 23.5 Å². The Morgan fingerprint density at radius 3 is 2.27 bits per heavy atom. The number of carbonyl (C=O) groups excluding carboxylic acids is 2. The summed E-state index contributed by atoms with van der Waals surface area (Å²) in [5, 5.41) is 14.3. The van der Waals surface area contributed by atoms with Crippen molar-refractivity contribution in [3.05, 3.63) is 70.3 Å². The Balaban J connectivity index is 1.86. The van der Waals surface area contributed by atoms with Crippen molar-refractivity contribution in [1.29, 1.82) is 0 Å². The Hall–Kier alpha value is -2.84. The highest BCUT2D eigenvalue weighted by molar-refractivity contribution is 6.00. The molecular formula is C32H45F2N3O3. The summed E-state index contributed by atoms with van der Waals surface area (Å²) < 4.78 is 28.0. The molecule has 8 heteroatoms. The van der Waals surface area contributed by atoms with Crippen molar-refractivity contribution < 1.29 is 23.5 Å². The summed E-state index contributed by atoms with van der Waals surface area (Å²) in [6, 6.07) is 7.90. The molecule has 2 aromatic rings. The first kappa shape index (κ1) is 31.7. The molecule has 40 heavy (non-hydrogen) atoms. The lowest BCUT2D eigenvalue weighted by atomic mass is 9.96. The molecule has 0 radical (unpaired) electrons. The quantitative estimate of drug-likeness (QED) is 0.341. The lowest BCUT2D eigenvalue weighted by molar-refractivity contribution is 0.0424. The zero-order chi connectivity index (χ0) is 29.2. The highest BCUT2D eigenvalue weighted by atomic mass is 19.1. The number of amides is 2. The Bertz CT molecular complexity index is 1120. The number of likely N-dealkylation sites (tertiary alicyclic amines) is 1. The number of piperidine rings is 1. The minimum Gasteiger partial charge on any atom is -0.390 e. The molecule has 0 aliphatic carbocycles. The van der Waals surface area contributed by atoms with Gasteiger partial charge in [-0.05, 0) is 93.5 Å². The van der Waals surface area contributed by atoms with Gasteiger partial charge < -0.3 is 15.3 Å². The van der Waals surface area contributed by atoms with Crippen molar-refractivity contribution >= 4 is 11.8 Å². The van der Waals surface area contributed by atoms with Gasteiger partial charge in [0.1, 0.15) is 11.6 Å². The van der Waals surface area contributed by atoms with E-state index in [0.29, 0.717) is 42.4 Å². The van der Waals surface area contributed by atoms with Crippen molar-refractivity contribution in [3.63, 3.8) is 0 Å². The molecule has 2 amide bonds. The number of hydrogen-bond donors (Lipinski definition) is 2. The van der Waals surface area contributed by atoms with Crippen molar-refractivity contribution in [2.45, 2.75) is 90.8 Å². The van der Waals surface area contributed by atoms with Gasteiger partial charge >= 0.3 is 0 Å². The summed E-state index contributed by atoms with van der Waals surface area (Å²) >= 11 is 0. The van der Waals surface area contributed by atoms with Crippen molar-refractivity contribution in [2.24, 2.45) is 0 Å². The van der Waals surface area contributed by atoms with Gasteiger partial charge in [-0.3, -0.25) is 14.5 Å². The van der Waals surface area contributed by atoms with Gasteiger partial charge in [0, 0.05) is 42.9 Å². The maximum Gasteiger partial charge on any atom is 0.253 e. The van der Waals surface area contributed by atoms with Gasteiger partial charge in [-0.1, -0.05) is 27.2 Å². The first-order valence-electron chi connectivity index (χ1n) is 14.7. The molecule has 1 fully saturated rings. The minimum atomic E-state index is -0.960. The van der Waals surface area contributed by atoms with Crippen LogP contribution in [0, 0.1) is 18.6 Å². The van der Waals surface area contributed by atoms with Crippen LogP contribution >= 0.6 is 0 Å². The van der Waals surface area contributed by atoms with Crippen LogP contribution in [0.4, 0.5) is 8.78 Å². The predicted octanol–water partition coefficient (Wildman–Crippen LogP) is 5.50. The van der Waals surface area contributed by atoms with Gasteiger partial charge in [-0.25, -0.2) is 8.78 Å². The number of carbonyl (C=O) groups is 2. The maximum absolute atomic E-state index is 14.0. The van der Waals surface area contributed by atoms with Crippen molar-refractivity contribution in [3.8, 4) is 0 Å². The van der Waals surface area contributed by atoms with Crippen LogP contribution in [0.5, 0.6) is 0 Å². The minimum absolute atomic E-state index is 0.0601. The van der Waals surface area contributed by atoms with Crippen LogP contribution in [0.1, 0.15) is 91.1 Å². The van der Waals surface area contributed by atoms with Crippen molar-refractivity contribution in [1.82, 2.24) is 15.1 Å². The van der Waals surface area contributed by atoms with E-state index in [2.05, 4.69) is 17.1 Å². The molecule has 0 saturated carbocycles. The predicted molar refractivity (Wildman–Crippen MR) is 154 cm³/mol. The zero-order valence-electron chi connectivity index (χ0n) is 24.4. The van der Waals surface area contributed by atoms with E-state index in [0.717, 1.165) is 56.7 Å². The Morgan fingerprint density at radius 2 is 1.65 bits per heavy atom. The van der Waals surface area contributed by atoms with Gasteiger partial charge in [0.05, 0.1) is 12.1 Å². The molecule has 1 saturated heterocycles. The topological polar surface area (TPSA) is 72.9 Å². The van der Waals surface area contributed by atoms with Crippen LogP contribution in [0.25, 0.3) is 0 Å². The lowest BCUT2D eigenvalue weighted by Gasteiger charge is -2.38. The Kier molecular flexibility index (Phi) is 12.1. The van der Waals surface area contributed by atoms with Gasteiger partial charge in [-0.2, -0.15) is 0 Å². The van der Waals surface area contributed by atoms with Crippen LogP contribution in [0.15, 0.2) is 36.4 Å². The molecule has 0 spiro atoms. The third-order valence-corrected chi connectivity index (χ3v) is 7.66. The number of benzene rings is 2. The van der Waals surface area contributed by atoms with Crippen LogP contribution in [0.2, 0.25) is 0 Å². The average molecular weight is 558 g/mol. The highest BCUT2D eigenvalue weighted by Crippen LogP contribution is 2.21. The van der Waals surface area contributed by atoms with E-state index in [1.165, 1.54) is 12.1 Å². The maximum atomic E-state index is 14.0. The molecule has 1 aliphatic rings. The highest BCUT2D eigenvalue weighted by Gasteiger charge is 2.29. The number of aliphatic hydroxyl groups is 1. The third-order valence-electron chi connectivity index (χ3n) is 7.66. The number of rotatable bonds is 13. The monoisotopic (exact) mass is 557 g/mol. The fraction of sp³-hybridized carbons (Fsp3) is 0.562. The molecule has 2 N–H and O–H groups in total. The second kappa shape index (κ2) is 15.2.